The van der Waals surface area contributed by atoms with Crippen molar-refractivity contribution in [3.63, 3.8) is 0 Å². The van der Waals surface area contributed by atoms with Crippen LogP contribution >= 0.6 is 15.9 Å². The first-order valence-corrected chi connectivity index (χ1v) is 6.47. The van der Waals surface area contributed by atoms with Crippen LogP contribution in [0.4, 0.5) is 0 Å². The number of ketones is 2. The van der Waals surface area contributed by atoms with Crippen molar-refractivity contribution in [2.24, 2.45) is 0 Å². The van der Waals surface area contributed by atoms with Gasteiger partial charge in [-0.15, -0.1) is 0 Å². The minimum Gasteiger partial charge on any atom is -0.478 e. The summed E-state index contributed by atoms with van der Waals surface area (Å²) >= 11 is 3.23. The van der Waals surface area contributed by atoms with Gasteiger partial charge in [-0.05, 0) is 30.3 Å². The molecule has 2 aromatic carbocycles. The molecule has 0 fully saturated rings. The number of Topliss-reactive ketones (excluding diaryl/α,β-unsaturated/α-hetero) is 2. The molecular formula is C15H9BrO4. The maximum atomic E-state index is 12.1. The summed E-state index contributed by atoms with van der Waals surface area (Å²) in [5, 5.41) is 9.03. The molecule has 1 N–H and O–H groups in total. The van der Waals surface area contributed by atoms with E-state index >= 15 is 0 Å². The molecule has 0 bridgehead atoms. The van der Waals surface area contributed by atoms with Crippen molar-refractivity contribution >= 4 is 33.5 Å². The maximum absolute atomic E-state index is 12.1. The van der Waals surface area contributed by atoms with Crippen LogP contribution in [0.2, 0.25) is 0 Å². The highest BCUT2D eigenvalue weighted by molar-refractivity contribution is 9.10. The standard InChI is InChI=1S/C15H9BrO4/c16-10-7-5-9(6-8-10)13(17)14(18)11-3-1-2-4-12(11)15(19)20/h1-8H,(H,19,20). The van der Waals surface area contributed by atoms with Gasteiger partial charge < -0.3 is 5.11 Å². The maximum Gasteiger partial charge on any atom is 0.336 e. The fraction of sp³-hybridized carbons (Fsp3) is 0. The molecule has 2 rings (SSSR count). The van der Waals surface area contributed by atoms with Gasteiger partial charge in [0.05, 0.1) is 5.56 Å². The Morgan fingerprint density at radius 1 is 0.800 bits per heavy atom. The van der Waals surface area contributed by atoms with E-state index < -0.39 is 17.5 Å². The number of carbonyl (C=O) groups excluding carboxylic acids is 2. The van der Waals surface area contributed by atoms with E-state index in [2.05, 4.69) is 15.9 Å². The lowest BCUT2D eigenvalue weighted by atomic mass is 9.97. The van der Waals surface area contributed by atoms with Crippen LogP contribution in [0.1, 0.15) is 31.1 Å². The lowest BCUT2D eigenvalue weighted by Gasteiger charge is -2.04. The van der Waals surface area contributed by atoms with Crippen molar-refractivity contribution in [1.82, 2.24) is 0 Å². The van der Waals surface area contributed by atoms with E-state index in [0.717, 1.165) is 4.47 Å². The third-order valence-electron chi connectivity index (χ3n) is 2.71. The molecule has 0 atom stereocenters. The lowest BCUT2D eigenvalue weighted by Crippen LogP contribution is -2.18. The van der Waals surface area contributed by atoms with Gasteiger partial charge in [0.15, 0.2) is 0 Å². The van der Waals surface area contributed by atoms with Gasteiger partial charge >= 0.3 is 5.97 Å². The molecule has 0 spiro atoms. The Morgan fingerprint density at radius 3 is 1.90 bits per heavy atom. The first kappa shape index (κ1) is 14.1. The molecule has 0 aromatic heterocycles. The lowest BCUT2D eigenvalue weighted by molar-refractivity contribution is 0.0691. The van der Waals surface area contributed by atoms with Gasteiger partial charge in [-0.25, -0.2) is 4.79 Å². The first-order valence-electron chi connectivity index (χ1n) is 5.67. The Labute approximate surface area is 123 Å². The van der Waals surface area contributed by atoms with Gasteiger partial charge in [0.2, 0.25) is 11.6 Å². The van der Waals surface area contributed by atoms with Crippen molar-refractivity contribution in [3.8, 4) is 0 Å². The average molecular weight is 333 g/mol. The van der Waals surface area contributed by atoms with E-state index in [1.165, 1.54) is 36.4 Å². The Hall–Kier alpha value is -2.27. The van der Waals surface area contributed by atoms with E-state index in [-0.39, 0.29) is 16.7 Å². The number of carboxylic acids is 1. The molecule has 0 saturated heterocycles. The summed E-state index contributed by atoms with van der Waals surface area (Å²) in [5.74, 6) is -2.80. The minimum absolute atomic E-state index is 0.104. The molecule has 0 aliphatic heterocycles. The Morgan fingerprint density at radius 2 is 1.35 bits per heavy atom. The van der Waals surface area contributed by atoms with E-state index in [4.69, 9.17) is 5.11 Å². The molecule has 0 amide bonds. The molecule has 0 aliphatic rings. The number of carboxylic acid groups (broad SMARTS) is 1. The number of aromatic carboxylic acids is 1. The molecule has 0 radical (unpaired) electrons. The quantitative estimate of drug-likeness (QED) is 0.689. The van der Waals surface area contributed by atoms with Crippen molar-refractivity contribution in [1.29, 1.82) is 0 Å². The van der Waals surface area contributed by atoms with Crippen molar-refractivity contribution < 1.29 is 19.5 Å². The summed E-state index contributed by atoms with van der Waals surface area (Å²) in [4.78, 5) is 35.3. The van der Waals surface area contributed by atoms with Gasteiger partial charge in [0, 0.05) is 15.6 Å². The Balaban J connectivity index is 2.39. The second-order valence-corrected chi connectivity index (χ2v) is 4.93. The van der Waals surface area contributed by atoms with Crippen molar-refractivity contribution in [2.45, 2.75) is 0 Å². The molecule has 0 saturated carbocycles. The number of rotatable bonds is 4. The van der Waals surface area contributed by atoms with Crippen molar-refractivity contribution in [2.75, 3.05) is 0 Å². The molecule has 0 aliphatic carbocycles. The highest BCUT2D eigenvalue weighted by Gasteiger charge is 2.23. The topological polar surface area (TPSA) is 71.4 Å². The van der Waals surface area contributed by atoms with Crippen LogP contribution in [0, 0.1) is 0 Å². The third kappa shape index (κ3) is 2.83. The predicted molar refractivity (Wildman–Crippen MR) is 76.2 cm³/mol. The summed E-state index contributed by atoms with van der Waals surface area (Å²) < 4.78 is 0.785. The Bertz CT molecular complexity index is 689. The van der Waals surface area contributed by atoms with E-state index in [1.807, 2.05) is 0 Å². The van der Waals surface area contributed by atoms with Gasteiger partial charge in [0.25, 0.3) is 0 Å². The molecule has 5 heteroatoms. The van der Waals surface area contributed by atoms with Crippen LogP contribution in [-0.4, -0.2) is 22.6 Å². The van der Waals surface area contributed by atoms with Crippen LogP contribution < -0.4 is 0 Å². The summed E-state index contributed by atoms with van der Waals surface area (Å²) in [5.41, 5.74) is -0.0609. The minimum atomic E-state index is -1.24. The monoisotopic (exact) mass is 332 g/mol. The summed E-state index contributed by atoms with van der Waals surface area (Å²) in [6.45, 7) is 0. The highest BCUT2D eigenvalue weighted by Crippen LogP contribution is 2.15. The summed E-state index contributed by atoms with van der Waals surface area (Å²) in [6, 6.07) is 12.0. The fourth-order valence-electron chi connectivity index (χ4n) is 1.72. The second kappa shape index (κ2) is 5.79. The normalized spacial score (nSPS) is 10.1. The van der Waals surface area contributed by atoms with E-state index in [1.54, 1.807) is 12.1 Å². The number of hydrogen-bond acceptors (Lipinski definition) is 3. The highest BCUT2D eigenvalue weighted by atomic mass is 79.9. The Kier molecular flexibility index (Phi) is 4.10. The van der Waals surface area contributed by atoms with Crippen molar-refractivity contribution in [3.05, 3.63) is 69.7 Å². The zero-order valence-corrected chi connectivity index (χ0v) is 11.8. The van der Waals surface area contributed by atoms with Gasteiger partial charge in [-0.3, -0.25) is 9.59 Å². The predicted octanol–water partition coefficient (Wildman–Crippen LogP) is 3.21. The molecular weight excluding hydrogens is 324 g/mol. The molecule has 0 heterocycles. The van der Waals surface area contributed by atoms with E-state index in [0.29, 0.717) is 0 Å². The first-order chi connectivity index (χ1) is 9.50. The zero-order chi connectivity index (χ0) is 14.7. The number of hydrogen-bond donors (Lipinski definition) is 1. The van der Waals surface area contributed by atoms with Gasteiger partial charge in [-0.1, -0.05) is 34.1 Å². The largest absolute Gasteiger partial charge is 0.478 e. The molecule has 20 heavy (non-hydrogen) atoms. The number of halogens is 1. The molecule has 4 nitrogen and oxygen atoms in total. The van der Waals surface area contributed by atoms with Gasteiger partial charge in [0.1, 0.15) is 0 Å². The second-order valence-electron chi connectivity index (χ2n) is 4.02. The number of benzene rings is 2. The zero-order valence-electron chi connectivity index (χ0n) is 10.2. The fourth-order valence-corrected chi connectivity index (χ4v) is 1.99. The average Bonchev–Trinajstić information content (AvgIpc) is 2.46. The van der Waals surface area contributed by atoms with Crippen LogP contribution in [0.5, 0.6) is 0 Å². The molecule has 0 unspecified atom stereocenters. The SMILES string of the molecule is O=C(C(=O)c1ccccc1C(=O)O)c1ccc(Br)cc1. The number of carbonyl (C=O) groups is 3. The van der Waals surface area contributed by atoms with Crippen LogP contribution in [0.3, 0.4) is 0 Å². The van der Waals surface area contributed by atoms with E-state index in [9.17, 15) is 14.4 Å². The van der Waals surface area contributed by atoms with Gasteiger partial charge in [-0.2, -0.15) is 0 Å². The van der Waals surface area contributed by atoms with Crippen LogP contribution in [0.25, 0.3) is 0 Å². The smallest absolute Gasteiger partial charge is 0.336 e. The summed E-state index contributed by atoms with van der Waals surface area (Å²) in [6.07, 6.45) is 0. The third-order valence-corrected chi connectivity index (χ3v) is 3.24. The molecule has 100 valence electrons. The van der Waals surface area contributed by atoms with Crippen LogP contribution in [0.15, 0.2) is 53.0 Å². The van der Waals surface area contributed by atoms with Crippen LogP contribution in [-0.2, 0) is 0 Å². The molecule has 2 aromatic rings. The summed E-state index contributed by atoms with van der Waals surface area (Å²) in [7, 11) is 0.